The van der Waals surface area contributed by atoms with Crippen molar-refractivity contribution in [1.29, 1.82) is 0 Å². The summed E-state index contributed by atoms with van der Waals surface area (Å²) in [5.74, 6) is 0.0924. The van der Waals surface area contributed by atoms with Gasteiger partial charge in [0, 0.05) is 6.54 Å². The lowest BCUT2D eigenvalue weighted by Gasteiger charge is -2.15. The van der Waals surface area contributed by atoms with Crippen molar-refractivity contribution < 1.29 is 13.2 Å². The van der Waals surface area contributed by atoms with E-state index in [0.29, 0.717) is 12.1 Å². The molecular weight excluding hydrogens is 274 g/mol. The van der Waals surface area contributed by atoms with E-state index >= 15 is 0 Å². The molecule has 1 saturated heterocycles. The summed E-state index contributed by atoms with van der Waals surface area (Å²) in [5.41, 5.74) is -0.139. The van der Waals surface area contributed by atoms with E-state index in [9.17, 15) is 13.2 Å². The van der Waals surface area contributed by atoms with Gasteiger partial charge in [0.1, 0.15) is 0 Å². The van der Waals surface area contributed by atoms with Gasteiger partial charge in [0.25, 0.3) is 0 Å². The monoisotopic (exact) mass is 285 g/mol. The van der Waals surface area contributed by atoms with Crippen LogP contribution in [0.3, 0.4) is 0 Å². The highest BCUT2D eigenvalue weighted by Gasteiger charge is 2.34. The normalized spacial score (nSPS) is 20.1. The largest absolute Gasteiger partial charge is 0.417 e. The van der Waals surface area contributed by atoms with E-state index < -0.39 is 11.7 Å². The molecule has 0 bridgehead atoms. The maximum absolute atomic E-state index is 12.6. The van der Waals surface area contributed by atoms with Crippen LogP contribution in [0.2, 0.25) is 5.02 Å². The molecule has 1 aromatic rings. The fourth-order valence-electron chi connectivity index (χ4n) is 2.00. The third-order valence-corrected chi connectivity index (χ3v) is 3.26. The van der Waals surface area contributed by atoms with Gasteiger partial charge in [-0.25, -0.2) is 0 Å². The van der Waals surface area contributed by atoms with Crippen LogP contribution in [0.15, 0.2) is 18.2 Å². The molecule has 0 aliphatic carbocycles. The molecule has 1 aliphatic heterocycles. The second-order valence-corrected chi connectivity index (χ2v) is 4.27. The molecule has 0 spiro atoms. The van der Waals surface area contributed by atoms with Crippen molar-refractivity contribution in [3.8, 4) is 0 Å². The van der Waals surface area contributed by atoms with Gasteiger partial charge in [0.05, 0.1) is 10.6 Å². The molecule has 1 N–H and O–H groups in total. The molecule has 0 saturated carbocycles. The Morgan fingerprint density at radius 2 is 2.00 bits per heavy atom. The van der Waals surface area contributed by atoms with Gasteiger partial charge in [-0.05, 0) is 30.5 Å². The zero-order valence-corrected chi connectivity index (χ0v) is 10.4. The number of nitrogens with one attached hydrogen (secondary N) is 1. The third-order valence-electron chi connectivity index (χ3n) is 2.83. The highest BCUT2D eigenvalue weighted by molar-refractivity contribution is 6.32. The summed E-state index contributed by atoms with van der Waals surface area (Å²) in [4.78, 5) is 0. The molecule has 1 fully saturated rings. The number of rotatable bonds is 1. The van der Waals surface area contributed by atoms with Gasteiger partial charge >= 0.3 is 6.18 Å². The molecule has 0 amide bonds. The molecule has 0 aromatic heterocycles. The Labute approximate surface area is 109 Å². The number of hydrogen-bond acceptors (Lipinski definition) is 1. The Balaban J connectivity index is 0.00000144. The summed E-state index contributed by atoms with van der Waals surface area (Å²) in [6.45, 7) is 1.53. The van der Waals surface area contributed by atoms with E-state index in [1.807, 2.05) is 0 Å². The molecule has 96 valence electrons. The van der Waals surface area contributed by atoms with Crippen LogP contribution >= 0.6 is 24.0 Å². The molecule has 1 heterocycles. The molecular formula is C11H12Cl2F3N. The van der Waals surface area contributed by atoms with Crippen molar-refractivity contribution in [2.75, 3.05) is 13.1 Å². The lowest BCUT2D eigenvalue weighted by atomic mass is 9.96. The van der Waals surface area contributed by atoms with E-state index in [0.717, 1.165) is 19.0 Å². The number of alkyl halides is 3. The van der Waals surface area contributed by atoms with Crippen molar-refractivity contribution in [3.05, 3.63) is 34.3 Å². The maximum Gasteiger partial charge on any atom is 0.417 e. The summed E-state index contributed by atoms with van der Waals surface area (Å²) in [6, 6.07) is 4.12. The minimum atomic E-state index is -4.38. The fourth-order valence-corrected chi connectivity index (χ4v) is 2.39. The van der Waals surface area contributed by atoms with E-state index in [-0.39, 0.29) is 23.3 Å². The summed E-state index contributed by atoms with van der Waals surface area (Å²) < 4.78 is 37.8. The molecule has 1 atom stereocenters. The average molecular weight is 286 g/mol. The van der Waals surface area contributed by atoms with Gasteiger partial charge in [-0.3, -0.25) is 0 Å². The standard InChI is InChI=1S/C11H11ClF3N.ClH/c12-10-8(7-4-5-16-6-7)2-1-3-9(10)11(13,14)15;/h1-3,7,16H,4-6H2;1H. The van der Waals surface area contributed by atoms with Crippen molar-refractivity contribution in [2.24, 2.45) is 0 Å². The van der Waals surface area contributed by atoms with E-state index in [2.05, 4.69) is 5.32 Å². The van der Waals surface area contributed by atoms with Crippen LogP contribution in [0.1, 0.15) is 23.5 Å². The smallest absolute Gasteiger partial charge is 0.316 e. The second kappa shape index (κ2) is 5.46. The average Bonchev–Trinajstić information content (AvgIpc) is 2.69. The zero-order chi connectivity index (χ0) is 11.8. The minimum Gasteiger partial charge on any atom is -0.316 e. The Hall–Kier alpha value is -0.450. The molecule has 1 nitrogen and oxygen atoms in total. The number of halogens is 5. The van der Waals surface area contributed by atoms with Gasteiger partial charge in [-0.1, -0.05) is 23.7 Å². The summed E-state index contributed by atoms with van der Waals surface area (Å²) in [7, 11) is 0. The van der Waals surface area contributed by atoms with Crippen LogP contribution in [-0.4, -0.2) is 13.1 Å². The van der Waals surface area contributed by atoms with Gasteiger partial charge < -0.3 is 5.32 Å². The van der Waals surface area contributed by atoms with Gasteiger partial charge in [-0.2, -0.15) is 13.2 Å². The van der Waals surface area contributed by atoms with Crippen LogP contribution in [0.25, 0.3) is 0 Å². The lowest BCUT2D eigenvalue weighted by molar-refractivity contribution is -0.137. The predicted octanol–water partition coefficient (Wildman–Crippen LogP) is 3.86. The molecule has 1 unspecified atom stereocenters. The van der Waals surface area contributed by atoms with Gasteiger partial charge in [0.2, 0.25) is 0 Å². The maximum atomic E-state index is 12.6. The Bertz CT molecular complexity index is 387. The number of hydrogen-bond donors (Lipinski definition) is 1. The van der Waals surface area contributed by atoms with Gasteiger partial charge in [-0.15, -0.1) is 12.4 Å². The summed E-state index contributed by atoms with van der Waals surface area (Å²) in [5, 5.41) is 2.97. The summed E-state index contributed by atoms with van der Waals surface area (Å²) >= 11 is 5.83. The molecule has 17 heavy (non-hydrogen) atoms. The quantitative estimate of drug-likeness (QED) is 0.826. The summed E-state index contributed by atoms with van der Waals surface area (Å²) in [6.07, 6.45) is -3.54. The van der Waals surface area contributed by atoms with Crippen molar-refractivity contribution in [2.45, 2.75) is 18.5 Å². The lowest BCUT2D eigenvalue weighted by Crippen LogP contribution is -2.11. The molecule has 2 rings (SSSR count). The minimum absolute atomic E-state index is 0. The predicted molar refractivity (Wildman–Crippen MR) is 63.9 cm³/mol. The number of benzene rings is 1. The van der Waals surface area contributed by atoms with E-state index in [1.165, 1.54) is 6.07 Å². The molecule has 6 heteroatoms. The van der Waals surface area contributed by atoms with Crippen LogP contribution in [0, 0.1) is 0 Å². The first-order chi connectivity index (χ1) is 7.50. The highest BCUT2D eigenvalue weighted by Crippen LogP contribution is 2.39. The second-order valence-electron chi connectivity index (χ2n) is 3.90. The topological polar surface area (TPSA) is 12.0 Å². The SMILES string of the molecule is Cl.FC(F)(F)c1cccc(C2CCNC2)c1Cl. The first-order valence-corrected chi connectivity index (χ1v) is 5.44. The van der Waals surface area contributed by atoms with Crippen molar-refractivity contribution in [1.82, 2.24) is 5.32 Å². The third kappa shape index (κ3) is 3.06. The first-order valence-electron chi connectivity index (χ1n) is 5.06. The van der Waals surface area contributed by atoms with Crippen LogP contribution < -0.4 is 5.32 Å². The first kappa shape index (κ1) is 14.6. The van der Waals surface area contributed by atoms with Crippen LogP contribution in [0.5, 0.6) is 0 Å². The Kier molecular flexibility index (Phi) is 4.69. The molecule has 1 aliphatic rings. The van der Waals surface area contributed by atoms with Crippen molar-refractivity contribution >= 4 is 24.0 Å². The Morgan fingerprint density at radius 1 is 1.29 bits per heavy atom. The Morgan fingerprint density at radius 3 is 2.53 bits per heavy atom. The molecule has 1 aromatic carbocycles. The van der Waals surface area contributed by atoms with Gasteiger partial charge in [0.15, 0.2) is 0 Å². The molecule has 0 radical (unpaired) electrons. The van der Waals surface area contributed by atoms with Crippen molar-refractivity contribution in [3.63, 3.8) is 0 Å². The van der Waals surface area contributed by atoms with E-state index in [4.69, 9.17) is 11.6 Å². The fraction of sp³-hybridized carbons (Fsp3) is 0.455. The van der Waals surface area contributed by atoms with Crippen LogP contribution in [0.4, 0.5) is 13.2 Å². The zero-order valence-electron chi connectivity index (χ0n) is 8.85. The van der Waals surface area contributed by atoms with E-state index in [1.54, 1.807) is 6.07 Å². The van der Waals surface area contributed by atoms with Crippen LogP contribution in [-0.2, 0) is 6.18 Å². The highest BCUT2D eigenvalue weighted by atomic mass is 35.5.